The third-order valence-electron chi connectivity index (χ3n) is 2.67. The number of ether oxygens (including phenoxy) is 1. The fraction of sp³-hybridized carbons (Fsp3) is 0.455. The SMILES string of the molecule is COC(CC(C)O)n1ccc2c(N)ncnc21. The van der Waals surface area contributed by atoms with Gasteiger partial charge in [0.25, 0.3) is 0 Å². The minimum atomic E-state index is -0.448. The minimum Gasteiger partial charge on any atom is -0.393 e. The molecule has 3 N–H and O–H groups in total. The molecule has 0 saturated carbocycles. The monoisotopic (exact) mass is 236 g/mol. The number of hydrogen-bond donors (Lipinski definition) is 2. The molecule has 0 aliphatic carbocycles. The van der Waals surface area contributed by atoms with E-state index in [0.717, 1.165) is 5.39 Å². The summed E-state index contributed by atoms with van der Waals surface area (Å²) in [5.74, 6) is 0.445. The zero-order valence-electron chi connectivity index (χ0n) is 9.87. The van der Waals surface area contributed by atoms with Crippen LogP contribution < -0.4 is 5.73 Å². The summed E-state index contributed by atoms with van der Waals surface area (Å²) in [6.07, 6.45) is 3.04. The zero-order chi connectivity index (χ0) is 12.4. The minimum absolute atomic E-state index is 0.262. The Morgan fingerprint density at radius 1 is 1.53 bits per heavy atom. The van der Waals surface area contributed by atoms with Crippen LogP contribution in [-0.4, -0.2) is 32.9 Å². The Labute approximate surface area is 99.0 Å². The van der Waals surface area contributed by atoms with Crippen LogP contribution in [0.2, 0.25) is 0 Å². The number of nitrogens with zero attached hydrogens (tertiary/aromatic N) is 3. The average Bonchev–Trinajstić information content (AvgIpc) is 2.71. The fourth-order valence-electron chi connectivity index (χ4n) is 1.84. The standard InChI is InChI=1S/C11H16N4O2/c1-7(16)5-9(17-2)15-4-3-8-10(12)13-6-14-11(8)15/h3-4,6-7,9,16H,5H2,1-2H3,(H2,12,13,14). The Hall–Kier alpha value is -1.66. The highest BCUT2D eigenvalue weighted by atomic mass is 16.5. The number of aliphatic hydroxyl groups is 1. The van der Waals surface area contributed by atoms with Gasteiger partial charge in [-0.25, -0.2) is 9.97 Å². The van der Waals surface area contributed by atoms with Gasteiger partial charge in [0.15, 0.2) is 0 Å². The lowest BCUT2D eigenvalue weighted by atomic mass is 10.2. The predicted octanol–water partition coefficient (Wildman–Crippen LogP) is 0.929. The van der Waals surface area contributed by atoms with E-state index in [0.29, 0.717) is 17.9 Å². The van der Waals surface area contributed by atoms with Gasteiger partial charge in [-0.15, -0.1) is 0 Å². The van der Waals surface area contributed by atoms with Crippen molar-refractivity contribution < 1.29 is 9.84 Å². The maximum atomic E-state index is 9.43. The number of hydrogen-bond acceptors (Lipinski definition) is 5. The van der Waals surface area contributed by atoms with E-state index < -0.39 is 6.10 Å². The van der Waals surface area contributed by atoms with Crippen LogP contribution in [0.1, 0.15) is 19.6 Å². The Morgan fingerprint density at radius 3 is 2.94 bits per heavy atom. The average molecular weight is 236 g/mol. The fourth-order valence-corrected chi connectivity index (χ4v) is 1.84. The lowest BCUT2D eigenvalue weighted by molar-refractivity contribution is 0.00646. The molecule has 2 rings (SSSR count). The molecule has 0 saturated heterocycles. The molecule has 6 nitrogen and oxygen atoms in total. The van der Waals surface area contributed by atoms with Crippen molar-refractivity contribution in [2.24, 2.45) is 0 Å². The third kappa shape index (κ3) is 2.22. The molecule has 2 aromatic rings. The van der Waals surface area contributed by atoms with E-state index >= 15 is 0 Å². The second-order valence-corrected chi connectivity index (χ2v) is 3.99. The number of nitrogens with two attached hydrogens (primary N) is 1. The Kier molecular flexibility index (Phi) is 3.26. The quantitative estimate of drug-likeness (QED) is 0.824. The van der Waals surface area contributed by atoms with Gasteiger partial charge in [-0.1, -0.05) is 0 Å². The van der Waals surface area contributed by atoms with Crippen LogP contribution in [0, 0.1) is 0 Å². The summed E-state index contributed by atoms with van der Waals surface area (Å²) in [7, 11) is 1.60. The van der Waals surface area contributed by atoms with E-state index in [1.165, 1.54) is 6.33 Å². The second-order valence-electron chi connectivity index (χ2n) is 3.99. The van der Waals surface area contributed by atoms with Crippen molar-refractivity contribution in [3.05, 3.63) is 18.6 Å². The van der Waals surface area contributed by atoms with E-state index in [9.17, 15) is 5.11 Å². The van der Waals surface area contributed by atoms with Gasteiger partial charge < -0.3 is 20.1 Å². The molecular weight excluding hydrogens is 220 g/mol. The van der Waals surface area contributed by atoms with Crippen LogP contribution in [0.5, 0.6) is 0 Å². The van der Waals surface area contributed by atoms with Crippen LogP contribution in [0.15, 0.2) is 18.6 Å². The number of aromatic nitrogens is 3. The van der Waals surface area contributed by atoms with Crippen molar-refractivity contribution in [3.63, 3.8) is 0 Å². The Balaban J connectivity index is 2.44. The van der Waals surface area contributed by atoms with Gasteiger partial charge in [0.2, 0.25) is 0 Å². The zero-order valence-corrected chi connectivity index (χ0v) is 9.87. The van der Waals surface area contributed by atoms with Crippen molar-refractivity contribution in [2.75, 3.05) is 12.8 Å². The first-order chi connectivity index (χ1) is 8.13. The molecule has 0 spiro atoms. The third-order valence-corrected chi connectivity index (χ3v) is 2.67. The van der Waals surface area contributed by atoms with E-state index in [1.807, 2.05) is 16.8 Å². The molecule has 0 aliphatic rings. The molecule has 0 aromatic carbocycles. The van der Waals surface area contributed by atoms with Crippen molar-refractivity contribution in [1.29, 1.82) is 0 Å². The van der Waals surface area contributed by atoms with E-state index in [4.69, 9.17) is 10.5 Å². The number of rotatable bonds is 4. The van der Waals surface area contributed by atoms with Crippen LogP contribution >= 0.6 is 0 Å². The molecule has 92 valence electrons. The number of nitrogen functional groups attached to an aromatic ring is 1. The summed E-state index contributed by atoms with van der Waals surface area (Å²) in [5.41, 5.74) is 6.47. The Bertz CT molecular complexity index is 509. The van der Waals surface area contributed by atoms with Crippen LogP contribution in [0.25, 0.3) is 11.0 Å². The van der Waals surface area contributed by atoms with E-state index in [-0.39, 0.29) is 6.23 Å². The molecule has 0 radical (unpaired) electrons. The molecule has 2 heterocycles. The van der Waals surface area contributed by atoms with Gasteiger partial charge in [-0.3, -0.25) is 0 Å². The Morgan fingerprint density at radius 2 is 2.29 bits per heavy atom. The highest BCUT2D eigenvalue weighted by molar-refractivity contribution is 5.86. The van der Waals surface area contributed by atoms with Crippen molar-refractivity contribution in [1.82, 2.24) is 14.5 Å². The van der Waals surface area contributed by atoms with Gasteiger partial charge in [0.1, 0.15) is 24.0 Å². The van der Waals surface area contributed by atoms with Gasteiger partial charge in [0, 0.05) is 19.7 Å². The number of methoxy groups -OCH3 is 1. The van der Waals surface area contributed by atoms with Crippen LogP contribution in [0.3, 0.4) is 0 Å². The first-order valence-electron chi connectivity index (χ1n) is 5.41. The maximum absolute atomic E-state index is 9.43. The first-order valence-corrected chi connectivity index (χ1v) is 5.41. The number of anilines is 1. The van der Waals surface area contributed by atoms with Crippen molar-refractivity contribution in [3.8, 4) is 0 Å². The van der Waals surface area contributed by atoms with E-state index in [2.05, 4.69) is 9.97 Å². The molecule has 2 atom stereocenters. The molecule has 17 heavy (non-hydrogen) atoms. The summed E-state index contributed by atoms with van der Waals surface area (Å²) >= 11 is 0. The van der Waals surface area contributed by atoms with Gasteiger partial charge in [-0.05, 0) is 13.0 Å². The summed E-state index contributed by atoms with van der Waals surface area (Å²) in [4.78, 5) is 8.12. The maximum Gasteiger partial charge on any atom is 0.147 e. The van der Waals surface area contributed by atoms with Crippen molar-refractivity contribution >= 4 is 16.9 Å². The molecule has 0 amide bonds. The molecule has 0 aliphatic heterocycles. The van der Waals surface area contributed by atoms with Gasteiger partial charge in [-0.2, -0.15) is 0 Å². The largest absolute Gasteiger partial charge is 0.393 e. The van der Waals surface area contributed by atoms with Gasteiger partial charge >= 0.3 is 0 Å². The lowest BCUT2D eigenvalue weighted by Crippen LogP contribution is -2.16. The summed E-state index contributed by atoms with van der Waals surface area (Å²) in [5, 5.41) is 10.2. The summed E-state index contributed by atoms with van der Waals surface area (Å²) < 4.78 is 7.20. The normalized spacial score (nSPS) is 15.0. The van der Waals surface area contributed by atoms with Gasteiger partial charge in [0.05, 0.1) is 11.5 Å². The molecule has 2 aromatic heterocycles. The van der Waals surface area contributed by atoms with Crippen LogP contribution in [0.4, 0.5) is 5.82 Å². The molecule has 2 unspecified atom stereocenters. The summed E-state index contributed by atoms with van der Waals surface area (Å²) in [6, 6.07) is 1.85. The topological polar surface area (TPSA) is 86.2 Å². The van der Waals surface area contributed by atoms with Crippen molar-refractivity contribution in [2.45, 2.75) is 25.7 Å². The lowest BCUT2D eigenvalue weighted by Gasteiger charge is -2.19. The number of aliphatic hydroxyl groups excluding tert-OH is 1. The summed E-state index contributed by atoms with van der Waals surface area (Å²) in [6.45, 7) is 1.72. The molecule has 0 bridgehead atoms. The molecule has 0 fully saturated rings. The molecule has 6 heteroatoms. The van der Waals surface area contributed by atoms with E-state index in [1.54, 1.807) is 14.0 Å². The highest BCUT2D eigenvalue weighted by Crippen LogP contribution is 2.24. The van der Waals surface area contributed by atoms with Crippen LogP contribution in [-0.2, 0) is 4.74 Å². The first kappa shape index (κ1) is 11.8. The predicted molar refractivity (Wildman–Crippen MR) is 64.3 cm³/mol. The molecular formula is C11H16N4O2. The second kappa shape index (κ2) is 4.68. The highest BCUT2D eigenvalue weighted by Gasteiger charge is 2.16. The number of fused-ring (bicyclic) bond motifs is 1. The smallest absolute Gasteiger partial charge is 0.147 e.